The normalized spacial score (nSPS) is 21.7. The molecular formula is C30H25ClN2O2. The summed E-state index contributed by atoms with van der Waals surface area (Å²) in [5.74, 6) is 0.0784. The Balaban J connectivity index is 1.42. The van der Waals surface area contributed by atoms with Crippen molar-refractivity contribution in [1.29, 1.82) is 5.26 Å². The Morgan fingerprint density at radius 1 is 0.971 bits per heavy atom. The first kappa shape index (κ1) is 23.1. The summed E-state index contributed by atoms with van der Waals surface area (Å²) in [5, 5.41) is 10.7. The third kappa shape index (κ3) is 4.78. The third-order valence-electron chi connectivity index (χ3n) is 6.86. The van der Waals surface area contributed by atoms with Crippen LogP contribution in [0.25, 0.3) is 0 Å². The monoisotopic (exact) mass is 480 g/mol. The molecule has 4 nitrogen and oxygen atoms in total. The fraction of sp³-hybridized carbons (Fsp3) is 0.233. The number of allylic oxidation sites excluding steroid dienone is 2. The van der Waals surface area contributed by atoms with Crippen molar-refractivity contribution in [2.75, 3.05) is 0 Å². The predicted octanol–water partition coefficient (Wildman–Crippen LogP) is 7.02. The number of hydrogen-bond acceptors (Lipinski definition) is 4. The minimum Gasteiger partial charge on any atom is -0.489 e. The van der Waals surface area contributed by atoms with E-state index in [-0.39, 0.29) is 17.6 Å². The van der Waals surface area contributed by atoms with Gasteiger partial charge in [-0.15, -0.1) is 0 Å². The lowest BCUT2D eigenvalue weighted by Crippen LogP contribution is -2.32. The molecule has 0 saturated carbocycles. The van der Waals surface area contributed by atoms with E-state index in [9.17, 15) is 10.1 Å². The Morgan fingerprint density at radius 3 is 2.34 bits per heavy atom. The van der Waals surface area contributed by atoms with Crippen LogP contribution in [0.1, 0.15) is 48.3 Å². The molecule has 5 heteroatoms. The van der Waals surface area contributed by atoms with E-state index in [0.29, 0.717) is 30.0 Å². The van der Waals surface area contributed by atoms with Crippen molar-refractivity contribution in [2.24, 2.45) is 10.9 Å². The molecule has 2 aliphatic rings. The van der Waals surface area contributed by atoms with Crippen LogP contribution in [0.2, 0.25) is 5.02 Å². The van der Waals surface area contributed by atoms with Crippen LogP contribution >= 0.6 is 11.6 Å². The molecule has 3 atom stereocenters. The number of rotatable bonds is 5. The average molecular weight is 481 g/mol. The van der Waals surface area contributed by atoms with Gasteiger partial charge < -0.3 is 4.74 Å². The molecule has 0 amide bonds. The molecule has 0 radical (unpaired) electrons. The Kier molecular flexibility index (Phi) is 6.53. The van der Waals surface area contributed by atoms with E-state index in [1.165, 1.54) is 0 Å². The van der Waals surface area contributed by atoms with Crippen molar-refractivity contribution >= 4 is 23.1 Å². The zero-order valence-corrected chi connectivity index (χ0v) is 20.2. The number of benzene rings is 3. The molecule has 0 fully saturated rings. The number of carbonyl (C=O) groups is 1. The summed E-state index contributed by atoms with van der Waals surface area (Å²) in [6.45, 7) is 2.37. The Morgan fingerprint density at radius 2 is 1.66 bits per heavy atom. The molecule has 5 rings (SSSR count). The third-order valence-corrected chi connectivity index (χ3v) is 7.11. The zero-order chi connectivity index (χ0) is 24.4. The SMILES string of the molecule is CC1=NC2=C(C(=O)C[C@@H](c3ccc(Cl)cc3)C2)[C@H](c2ccc(OCc3ccccc3)cc2)C1C#N. The van der Waals surface area contributed by atoms with Crippen molar-refractivity contribution < 1.29 is 9.53 Å². The highest BCUT2D eigenvalue weighted by molar-refractivity contribution is 6.30. The summed E-state index contributed by atoms with van der Waals surface area (Å²) in [6.07, 6.45) is 1.08. The van der Waals surface area contributed by atoms with Crippen LogP contribution in [0.3, 0.4) is 0 Å². The second-order valence-electron chi connectivity index (χ2n) is 9.12. The second-order valence-corrected chi connectivity index (χ2v) is 9.56. The van der Waals surface area contributed by atoms with Crippen LogP contribution in [-0.4, -0.2) is 11.5 Å². The molecule has 1 heterocycles. The van der Waals surface area contributed by atoms with Crippen LogP contribution in [0.5, 0.6) is 5.75 Å². The number of Topliss-reactive ketones (excluding diaryl/α,β-unsaturated/α-hetero) is 1. The molecule has 1 unspecified atom stereocenters. The van der Waals surface area contributed by atoms with Crippen LogP contribution in [0.4, 0.5) is 0 Å². The molecule has 1 aliphatic carbocycles. The van der Waals surface area contributed by atoms with Gasteiger partial charge >= 0.3 is 0 Å². The lowest BCUT2D eigenvalue weighted by molar-refractivity contribution is -0.116. The Labute approximate surface area is 210 Å². The van der Waals surface area contributed by atoms with Gasteiger partial charge in [0.05, 0.1) is 12.0 Å². The topological polar surface area (TPSA) is 62.4 Å². The summed E-state index contributed by atoms with van der Waals surface area (Å²) >= 11 is 6.05. The van der Waals surface area contributed by atoms with Gasteiger partial charge in [0, 0.05) is 34.3 Å². The number of nitrogens with zero attached hydrogens (tertiary/aromatic N) is 2. The summed E-state index contributed by atoms with van der Waals surface area (Å²) < 4.78 is 5.93. The van der Waals surface area contributed by atoms with Crippen molar-refractivity contribution in [3.8, 4) is 11.8 Å². The first-order chi connectivity index (χ1) is 17.0. The lowest BCUT2D eigenvalue weighted by Gasteiger charge is -2.35. The minimum absolute atomic E-state index is 0.0584. The van der Waals surface area contributed by atoms with E-state index in [1.807, 2.05) is 85.8 Å². The number of halogens is 1. The van der Waals surface area contributed by atoms with Crippen molar-refractivity contribution in [3.63, 3.8) is 0 Å². The highest BCUT2D eigenvalue weighted by Gasteiger charge is 2.41. The second kappa shape index (κ2) is 9.90. The maximum atomic E-state index is 13.5. The van der Waals surface area contributed by atoms with Gasteiger partial charge in [-0.3, -0.25) is 9.79 Å². The van der Waals surface area contributed by atoms with Gasteiger partial charge in [-0.25, -0.2) is 0 Å². The Bertz CT molecular complexity index is 1340. The fourth-order valence-corrected chi connectivity index (χ4v) is 5.20. The number of carbonyl (C=O) groups excluding carboxylic acids is 1. The van der Waals surface area contributed by atoms with Gasteiger partial charge in [0.1, 0.15) is 12.4 Å². The molecule has 0 aromatic heterocycles. The van der Waals surface area contributed by atoms with Gasteiger partial charge in [0.2, 0.25) is 0 Å². The summed E-state index contributed by atoms with van der Waals surface area (Å²) in [5.41, 5.74) is 5.36. The number of ketones is 1. The number of aliphatic imine (C=N–C) groups is 1. The quantitative estimate of drug-likeness (QED) is 0.394. The Hall–Kier alpha value is -3.68. The predicted molar refractivity (Wildman–Crippen MR) is 138 cm³/mol. The lowest BCUT2D eigenvalue weighted by atomic mass is 9.69. The molecule has 0 N–H and O–H groups in total. The summed E-state index contributed by atoms with van der Waals surface area (Å²) in [7, 11) is 0. The van der Waals surface area contributed by atoms with Crippen molar-refractivity contribution in [1.82, 2.24) is 0 Å². The smallest absolute Gasteiger partial charge is 0.161 e. The maximum absolute atomic E-state index is 13.5. The molecule has 3 aromatic rings. The minimum atomic E-state index is -0.471. The average Bonchev–Trinajstić information content (AvgIpc) is 2.88. The van der Waals surface area contributed by atoms with Crippen molar-refractivity contribution in [2.45, 2.75) is 38.2 Å². The van der Waals surface area contributed by atoms with Crippen LogP contribution in [0, 0.1) is 17.2 Å². The van der Waals surface area contributed by atoms with E-state index in [2.05, 4.69) is 6.07 Å². The molecule has 174 valence electrons. The molecule has 3 aromatic carbocycles. The van der Waals surface area contributed by atoms with E-state index in [1.54, 1.807) is 0 Å². The van der Waals surface area contributed by atoms with Gasteiger partial charge in [-0.1, -0.05) is 66.2 Å². The number of hydrogen-bond donors (Lipinski definition) is 0. The van der Waals surface area contributed by atoms with Gasteiger partial charge in [0.15, 0.2) is 5.78 Å². The van der Waals surface area contributed by atoms with E-state index >= 15 is 0 Å². The molecule has 1 aliphatic heterocycles. The largest absolute Gasteiger partial charge is 0.489 e. The molecule has 0 spiro atoms. The maximum Gasteiger partial charge on any atom is 0.161 e. The zero-order valence-electron chi connectivity index (χ0n) is 19.4. The van der Waals surface area contributed by atoms with E-state index < -0.39 is 5.92 Å². The number of ether oxygens (including phenoxy) is 1. The van der Waals surface area contributed by atoms with E-state index in [4.69, 9.17) is 21.3 Å². The van der Waals surface area contributed by atoms with Crippen LogP contribution in [0.15, 0.2) is 95.1 Å². The van der Waals surface area contributed by atoms with Gasteiger partial charge in [0.25, 0.3) is 0 Å². The fourth-order valence-electron chi connectivity index (χ4n) is 5.07. The standard InChI is InChI=1S/C30H25ClN2O2/c1-19-26(17-32)29(22-9-13-25(14-10-22)35-18-20-5-3-2-4-6-20)30-27(33-19)15-23(16-28(30)34)21-7-11-24(31)12-8-21/h2-14,23,26,29H,15-16,18H2,1H3/t23-,26?,29+/m0/s1. The van der Waals surface area contributed by atoms with E-state index in [0.717, 1.165) is 33.8 Å². The van der Waals surface area contributed by atoms with Crippen molar-refractivity contribution in [3.05, 3.63) is 112 Å². The summed E-state index contributed by atoms with van der Waals surface area (Å²) in [4.78, 5) is 18.2. The molecule has 0 bridgehead atoms. The first-order valence-corrected chi connectivity index (χ1v) is 12.1. The van der Waals surface area contributed by atoms with Crippen LogP contribution in [-0.2, 0) is 11.4 Å². The molecule has 0 saturated heterocycles. The summed E-state index contributed by atoms with van der Waals surface area (Å²) in [6, 6.07) is 27.8. The molecular weight excluding hydrogens is 456 g/mol. The van der Waals surface area contributed by atoms with Gasteiger partial charge in [-0.2, -0.15) is 5.26 Å². The van der Waals surface area contributed by atoms with Gasteiger partial charge in [-0.05, 0) is 60.2 Å². The highest BCUT2D eigenvalue weighted by Crippen LogP contribution is 2.46. The first-order valence-electron chi connectivity index (χ1n) is 11.8. The van der Waals surface area contributed by atoms with Crippen LogP contribution < -0.4 is 4.74 Å². The molecule has 35 heavy (non-hydrogen) atoms. The number of nitriles is 1. The highest BCUT2D eigenvalue weighted by atomic mass is 35.5.